The van der Waals surface area contributed by atoms with Crippen LogP contribution in [0.1, 0.15) is 78.5 Å². The Morgan fingerprint density at radius 3 is 2.41 bits per heavy atom. The third-order valence-electron chi connectivity index (χ3n) is 11.2. The molecule has 3 saturated heterocycles. The van der Waals surface area contributed by atoms with Gasteiger partial charge < -0.3 is 25.8 Å². The van der Waals surface area contributed by atoms with Crippen LogP contribution in [0, 0.1) is 0 Å². The van der Waals surface area contributed by atoms with Crippen molar-refractivity contribution in [1.82, 2.24) is 34.6 Å². The quantitative estimate of drug-likeness (QED) is 0.181. The Morgan fingerprint density at radius 2 is 1.71 bits per heavy atom. The van der Waals surface area contributed by atoms with Crippen molar-refractivity contribution in [2.75, 3.05) is 54.4 Å². The van der Waals surface area contributed by atoms with Gasteiger partial charge in [0, 0.05) is 63.3 Å². The lowest BCUT2D eigenvalue weighted by Crippen LogP contribution is -2.48. The highest BCUT2D eigenvalue weighted by molar-refractivity contribution is 6.08. The number of nitrogens with two attached hydrogens (primary N) is 1. The van der Waals surface area contributed by atoms with E-state index in [4.69, 9.17) is 5.73 Å². The number of imide groups is 1. The summed E-state index contributed by atoms with van der Waals surface area (Å²) in [7, 11) is 0. The first-order valence-corrected chi connectivity index (χ1v) is 19.0. The van der Waals surface area contributed by atoms with Crippen LogP contribution in [-0.4, -0.2) is 98.5 Å². The molecular formula is C38H43F4N11O3. The van der Waals surface area contributed by atoms with Gasteiger partial charge in [-0.25, -0.2) is 13.9 Å². The molecule has 0 bridgehead atoms. The van der Waals surface area contributed by atoms with Gasteiger partial charge in [-0.1, -0.05) is 17.7 Å². The number of piperazine rings is 1. The summed E-state index contributed by atoms with van der Waals surface area (Å²) < 4.78 is 59.6. The number of piperidine rings is 2. The van der Waals surface area contributed by atoms with Crippen molar-refractivity contribution in [2.45, 2.75) is 75.3 Å². The van der Waals surface area contributed by atoms with Crippen LogP contribution < -0.4 is 26.2 Å². The summed E-state index contributed by atoms with van der Waals surface area (Å²) in [5, 5.41) is 12.9. The molecule has 14 nitrogen and oxygen atoms in total. The van der Waals surface area contributed by atoms with Gasteiger partial charge >= 0.3 is 6.18 Å². The molecule has 6 heterocycles. The van der Waals surface area contributed by atoms with E-state index in [1.54, 1.807) is 17.2 Å². The van der Waals surface area contributed by atoms with Crippen LogP contribution in [0.15, 0.2) is 60.7 Å². The van der Waals surface area contributed by atoms with Crippen molar-refractivity contribution in [2.24, 2.45) is 5.73 Å². The minimum Gasteiger partial charge on any atom is -0.374 e. The van der Waals surface area contributed by atoms with Crippen molar-refractivity contribution in [1.29, 1.82) is 0 Å². The molecule has 4 aromatic rings. The molecule has 18 heteroatoms. The van der Waals surface area contributed by atoms with Gasteiger partial charge in [0.25, 0.3) is 5.91 Å². The molecule has 1 unspecified atom stereocenters. The van der Waals surface area contributed by atoms with Crippen LogP contribution in [0.3, 0.4) is 0 Å². The number of benzene rings is 1. The maximum absolute atomic E-state index is 14.2. The summed E-state index contributed by atoms with van der Waals surface area (Å²) in [4.78, 5) is 48.0. The van der Waals surface area contributed by atoms with Crippen LogP contribution in [0.25, 0.3) is 5.65 Å². The number of halogens is 4. The summed E-state index contributed by atoms with van der Waals surface area (Å²) in [6.45, 7) is 3.71. The maximum atomic E-state index is 14.2. The molecule has 296 valence electrons. The Hall–Kier alpha value is -5.52. The fraction of sp³-hybridized carbons (Fsp3) is 0.474. The SMILES string of the molecule is N[C@@H]1C[C@@H](F)CN(c2ccn3ncc(C(=O)Nc4cn(C5CCC(=CN6CCN(c7ccc(C8CCC(=O)NC8=O)cc7)CC6)CC5)nc4C(F)(F)F)c3n2)C1. The molecule has 4 aliphatic rings. The normalized spacial score (nSPS) is 23.7. The second-order valence-electron chi connectivity index (χ2n) is 15.1. The summed E-state index contributed by atoms with van der Waals surface area (Å²) in [5.74, 6) is -1.23. The van der Waals surface area contributed by atoms with Gasteiger partial charge in [0.15, 0.2) is 11.3 Å². The topological polar surface area (TPSA) is 159 Å². The average molecular weight is 778 g/mol. The van der Waals surface area contributed by atoms with Gasteiger partial charge in [0.2, 0.25) is 11.8 Å². The molecule has 3 aromatic heterocycles. The van der Waals surface area contributed by atoms with E-state index >= 15 is 0 Å². The summed E-state index contributed by atoms with van der Waals surface area (Å²) >= 11 is 0. The van der Waals surface area contributed by atoms with Crippen LogP contribution in [-0.2, 0) is 15.8 Å². The number of alkyl halides is 4. The lowest BCUT2D eigenvalue weighted by atomic mass is 9.90. The van der Waals surface area contributed by atoms with Crippen molar-refractivity contribution in [3.05, 3.63) is 77.5 Å². The van der Waals surface area contributed by atoms with Crippen LogP contribution >= 0.6 is 0 Å². The van der Waals surface area contributed by atoms with E-state index in [0.29, 0.717) is 50.9 Å². The summed E-state index contributed by atoms with van der Waals surface area (Å²) in [5.41, 5.74) is 7.63. The van der Waals surface area contributed by atoms with E-state index in [9.17, 15) is 31.9 Å². The highest BCUT2D eigenvalue weighted by Gasteiger charge is 2.39. The smallest absolute Gasteiger partial charge is 0.374 e. The van der Waals surface area contributed by atoms with Gasteiger partial charge in [0.1, 0.15) is 17.6 Å². The molecule has 3 amide bonds. The van der Waals surface area contributed by atoms with Crippen LogP contribution in [0.4, 0.5) is 34.8 Å². The first kappa shape index (κ1) is 37.4. The van der Waals surface area contributed by atoms with Gasteiger partial charge in [-0.2, -0.15) is 23.4 Å². The lowest BCUT2D eigenvalue weighted by Gasteiger charge is -2.36. The molecule has 1 aliphatic carbocycles. The molecule has 56 heavy (non-hydrogen) atoms. The first-order chi connectivity index (χ1) is 26.9. The minimum atomic E-state index is -4.81. The third kappa shape index (κ3) is 7.92. The number of anilines is 3. The zero-order valence-corrected chi connectivity index (χ0v) is 30.6. The average Bonchev–Trinajstić information content (AvgIpc) is 3.80. The number of hydrogen-bond acceptors (Lipinski definition) is 10. The standard InChI is InChI=1S/C38H43F4N11O3/c39-25-17-26(43)21-51(20-25)32-11-12-52-35(46-32)30(18-44-52)37(56)45-31-22-53(48-34(31)38(40,41)42)28-5-1-23(2-6-28)19-49-13-15-50(16-14-49)27-7-3-24(4-8-27)29-9-10-33(54)47-36(29)55/h3-4,7-8,11-12,18-19,22,25-26,28-29H,1-2,5-6,9-10,13-17,20-21,43H2,(H,45,56)(H,47,54,55)/t25-,26-,28?,29?/m1/s1. The summed E-state index contributed by atoms with van der Waals surface area (Å²) in [6.07, 6.45) is 3.96. The number of hydrogen-bond donors (Lipinski definition) is 3. The number of amides is 3. The number of aromatic nitrogens is 5. The van der Waals surface area contributed by atoms with E-state index in [2.05, 4.69) is 41.8 Å². The Morgan fingerprint density at radius 1 is 0.964 bits per heavy atom. The molecule has 4 fully saturated rings. The number of nitrogens with zero attached hydrogens (tertiary/aromatic N) is 8. The minimum absolute atomic E-state index is 0.0400. The van der Waals surface area contributed by atoms with Gasteiger partial charge in [0.05, 0.1) is 30.4 Å². The number of rotatable bonds is 7. The van der Waals surface area contributed by atoms with Crippen molar-refractivity contribution in [3.63, 3.8) is 0 Å². The monoisotopic (exact) mass is 777 g/mol. The Bertz CT molecular complexity index is 2120. The van der Waals surface area contributed by atoms with E-state index in [1.807, 2.05) is 24.3 Å². The molecule has 8 rings (SSSR count). The maximum Gasteiger partial charge on any atom is 0.437 e. The highest BCUT2D eigenvalue weighted by atomic mass is 19.4. The Balaban J connectivity index is 0.878. The van der Waals surface area contributed by atoms with E-state index in [-0.39, 0.29) is 54.0 Å². The molecule has 0 spiro atoms. The Labute approximate surface area is 319 Å². The molecule has 3 aliphatic heterocycles. The molecule has 4 N–H and O–H groups in total. The zero-order valence-electron chi connectivity index (χ0n) is 30.6. The van der Waals surface area contributed by atoms with Gasteiger partial charge in [-0.3, -0.25) is 24.4 Å². The lowest BCUT2D eigenvalue weighted by molar-refractivity contribution is -0.141. The zero-order chi connectivity index (χ0) is 39.1. The van der Waals surface area contributed by atoms with Crippen molar-refractivity contribution >= 4 is 40.6 Å². The van der Waals surface area contributed by atoms with Crippen molar-refractivity contribution < 1.29 is 31.9 Å². The fourth-order valence-electron chi connectivity index (χ4n) is 8.19. The number of nitrogens with one attached hydrogen (secondary N) is 2. The predicted molar refractivity (Wildman–Crippen MR) is 199 cm³/mol. The van der Waals surface area contributed by atoms with Crippen molar-refractivity contribution in [3.8, 4) is 0 Å². The molecule has 0 radical (unpaired) electrons. The number of carbonyl (C=O) groups excluding carboxylic acids is 3. The number of carbonyl (C=O) groups is 3. The second kappa shape index (κ2) is 15.2. The summed E-state index contributed by atoms with van der Waals surface area (Å²) in [6, 6.07) is 8.92. The van der Waals surface area contributed by atoms with E-state index in [0.717, 1.165) is 37.4 Å². The fourth-order valence-corrected chi connectivity index (χ4v) is 8.19. The van der Waals surface area contributed by atoms with Gasteiger partial charge in [-0.05, 0) is 68.5 Å². The second-order valence-corrected chi connectivity index (χ2v) is 15.1. The van der Waals surface area contributed by atoms with E-state index < -0.39 is 29.6 Å². The molecular weight excluding hydrogens is 734 g/mol. The van der Waals surface area contributed by atoms with Crippen LogP contribution in [0.5, 0.6) is 0 Å². The van der Waals surface area contributed by atoms with Gasteiger partial charge in [-0.15, -0.1) is 0 Å². The largest absolute Gasteiger partial charge is 0.437 e. The van der Waals surface area contributed by atoms with Crippen LogP contribution in [0.2, 0.25) is 0 Å². The molecule has 1 aromatic carbocycles. The Kier molecular flexibility index (Phi) is 10.2. The number of fused-ring (bicyclic) bond motifs is 1. The molecule has 1 saturated carbocycles. The number of allylic oxidation sites excluding steroid dienone is 1. The predicted octanol–water partition coefficient (Wildman–Crippen LogP) is 4.41. The highest BCUT2D eigenvalue weighted by Crippen LogP contribution is 2.38. The van der Waals surface area contributed by atoms with E-state index in [1.165, 1.54) is 27.2 Å². The molecule has 3 atom stereocenters. The first-order valence-electron chi connectivity index (χ1n) is 19.0. The third-order valence-corrected chi connectivity index (χ3v) is 11.2.